The van der Waals surface area contributed by atoms with Gasteiger partial charge in [0.05, 0.1) is 6.61 Å². The van der Waals surface area contributed by atoms with Crippen molar-refractivity contribution >= 4 is 35.0 Å². The standard InChI is InChI=1S/C22H20N4O4.C20H17N5O3/c1-3-30-20(27)17-14-18-23-10-12-26(18)19(24-17)16-6-4-5-15(13-16)7-8-22(29)9-11-25(2)21(22)28;1-24-9-7-20(28,19(24)27)6-5-13-3-2-4-14(11-13)18-23-15(17(21)26)12-16-22-8-10-25(16)18/h4-6,10,12-14,29H,3,9,11H2,1-2H3;2-4,8,10-12,28H,7,9H2,1H3,(H2,21,26)/t22-;20-/m11/s1. The first-order chi connectivity index (χ1) is 27.8. The van der Waals surface area contributed by atoms with Gasteiger partial charge < -0.3 is 30.5 Å². The Balaban J connectivity index is 0.000000177. The first-order valence-electron chi connectivity index (χ1n) is 18.2. The highest BCUT2D eigenvalue weighted by Crippen LogP contribution is 2.25. The molecule has 0 bridgehead atoms. The second-order valence-electron chi connectivity index (χ2n) is 13.7. The van der Waals surface area contributed by atoms with E-state index in [0.717, 1.165) is 0 Å². The summed E-state index contributed by atoms with van der Waals surface area (Å²) in [5, 5.41) is 20.9. The molecule has 3 amide bonds. The molecule has 16 heteroatoms. The molecule has 2 saturated heterocycles. The van der Waals surface area contributed by atoms with Crippen LogP contribution in [0.25, 0.3) is 34.1 Å². The fourth-order valence-electron chi connectivity index (χ4n) is 6.45. The van der Waals surface area contributed by atoms with Crippen LogP contribution in [0, 0.1) is 23.7 Å². The van der Waals surface area contributed by atoms with Crippen molar-refractivity contribution in [1.82, 2.24) is 38.5 Å². The number of likely N-dealkylation sites (N-methyl/N-ethyl adjacent to an activating group) is 2. The molecule has 2 aliphatic heterocycles. The summed E-state index contributed by atoms with van der Waals surface area (Å²) in [6.07, 6.45) is 7.25. The normalized spacial score (nSPS) is 18.6. The number of aromatic nitrogens is 6. The van der Waals surface area contributed by atoms with Crippen molar-refractivity contribution in [3.05, 3.63) is 108 Å². The zero-order valence-corrected chi connectivity index (χ0v) is 31.7. The van der Waals surface area contributed by atoms with E-state index in [4.69, 9.17) is 10.5 Å². The van der Waals surface area contributed by atoms with Crippen molar-refractivity contribution in [2.75, 3.05) is 33.8 Å². The van der Waals surface area contributed by atoms with Crippen molar-refractivity contribution in [2.24, 2.45) is 5.73 Å². The lowest BCUT2D eigenvalue weighted by molar-refractivity contribution is -0.138. The summed E-state index contributed by atoms with van der Waals surface area (Å²) >= 11 is 0. The third-order valence-electron chi connectivity index (χ3n) is 9.60. The lowest BCUT2D eigenvalue weighted by Crippen LogP contribution is -2.37. The second-order valence-corrected chi connectivity index (χ2v) is 13.7. The molecule has 0 radical (unpaired) electrons. The van der Waals surface area contributed by atoms with Crippen LogP contribution >= 0.6 is 0 Å². The van der Waals surface area contributed by atoms with Gasteiger partial charge in [-0.05, 0) is 31.2 Å². The lowest BCUT2D eigenvalue weighted by Gasteiger charge is -2.13. The quantitative estimate of drug-likeness (QED) is 0.170. The Morgan fingerprint density at radius 3 is 1.66 bits per heavy atom. The van der Waals surface area contributed by atoms with Gasteiger partial charge in [-0.25, -0.2) is 24.7 Å². The largest absolute Gasteiger partial charge is 0.461 e. The highest BCUT2D eigenvalue weighted by atomic mass is 16.5. The van der Waals surface area contributed by atoms with Gasteiger partial charge in [-0.1, -0.05) is 47.9 Å². The molecule has 0 saturated carbocycles. The summed E-state index contributed by atoms with van der Waals surface area (Å²) < 4.78 is 8.57. The number of esters is 1. The highest BCUT2D eigenvalue weighted by Gasteiger charge is 2.43. The third kappa shape index (κ3) is 7.70. The van der Waals surface area contributed by atoms with Gasteiger partial charge in [0, 0.05) is 99.2 Å². The monoisotopic (exact) mass is 779 g/mol. The number of fused-ring (bicyclic) bond motifs is 2. The van der Waals surface area contributed by atoms with Crippen LogP contribution in [0.1, 0.15) is 51.9 Å². The number of ether oxygens (including phenoxy) is 1. The van der Waals surface area contributed by atoms with E-state index in [0.29, 0.717) is 58.3 Å². The topological polar surface area (TPSA) is 211 Å². The lowest BCUT2D eigenvalue weighted by atomic mass is 10.0. The van der Waals surface area contributed by atoms with E-state index in [-0.39, 0.29) is 30.8 Å². The van der Waals surface area contributed by atoms with E-state index in [1.54, 1.807) is 97.1 Å². The molecule has 2 fully saturated rings. The van der Waals surface area contributed by atoms with Gasteiger partial charge in [-0.3, -0.25) is 23.2 Å². The zero-order valence-electron chi connectivity index (χ0n) is 31.7. The molecular weight excluding hydrogens is 743 g/mol. The van der Waals surface area contributed by atoms with E-state index >= 15 is 0 Å². The van der Waals surface area contributed by atoms with Crippen LogP contribution < -0.4 is 5.73 Å². The average Bonchev–Trinajstić information content (AvgIpc) is 4.02. The van der Waals surface area contributed by atoms with Crippen molar-refractivity contribution < 1.29 is 34.1 Å². The summed E-state index contributed by atoms with van der Waals surface area (Å²) in [5.41, 5.74) is 6.06. The highest BCUT2D eigenvalue weighted by molar-refractivity contribution is 5.93. The number of hydrogen-bond donors (Lipinski definition) is 3. The fourth-order valence-corrected chi connectivity index (χ4v) is 6.45. The number of imidazole rings is 2. The third-order valence-corrected chi connectivity index (χ3v) is 9.60. The van der Waals surface area contributed by atoms with E-state index in [1.807, 2.05) is 12.1 Å². The van der Waals surface area contributed by atoms with Crippen LogP contribution in [-0.4, -0.2) is 117 Å². The van der Waals surface area contributed by atoms with Gasteiger partial charge >= 0.3 is 5.97 Å². The summed E-state index contributed by atoms with van der Waals surface area (Å²) in [6.45, 7) is 2.91. The predicted molar refractivity (Wildman–Crippen MR) is 209 cm³/mol. The van der Waals surface area contributed by atoms with Crippen LogP contribution in [-0.2, 0) is 14.3 Å². The van der Waals surface area contributed by atoms with Gasteiger partial charge in [0.2, 0.25) is 11.2 Å². The Morgan fingerprint density at radius 1 is 0.759 bits per heavy atom. The molecule has 58 heavy (non-hydrogen) atoms. The smallest absolute Gasteiger partial charge is 0.357 e. The van der Waals surface area contributed by atoms with Crippen molar-refractivity contribution in [3.63, 3.8) is 0 Å². The molecule has 292 valence electrons. The van der Waals surface area contributed by atoms with E-state index in [2.05, 4.69) is 43.6 Å². The Labute approximate surface area is 331 Å². The minimum Gasteiger partial charge on any atom is -0.461 e. The van der Waals surface area contributed by atoms with Gasteiger partial charge in [0.25, 0.3) is 17.7 Å². The summed E-state index contributed by atoms with van der Waals surface area (Å²) in [4.78, 5) is 68.2. The number of hydrogen-bond acceptors (Lipinski definition) is 11. The van der Waals surface area contributed by atoms with Crippen molar-refractivity contribution in [1.29, 1.82) is 0 Å². The molecule has 4 aromatic heterocycles. The molecule has 8 rings (SSSR count). The number of carbonyl (C=O) groups excluding carboxylic acids is 4. The number of aliphatic hydroxyl groups is 2. The SMILES string of the molecule is CCOC(=O)c1cc2nccn2c(-c2cccc(C#C[C@@]3(O)CCN(C)C3=O)c2)n1.CN1CC[C@](O)(C#Cc2cccc(-c3nc(C(N)=O)cc4nccn34)c2)C1=O. The summed E-state index contributed by atoms with van der Waals surface area (Å²) in [5.74, 6) is 10.2. The first-order valence-corrected chi connectivity index (χ1v) is 18.2. The minimum atomic E-state index is -1.66. The van der Waals surface area contributed by atoms with Crippen molar-refractivity contribution in [3.8, 4) is 46.5 Å². The van der Waals surface area contributed by atoms with E-state index in [9.17, 15) is 29.4 Å². The van der Waals surface area contributed by atoms with Crippen LogP contribution in [0.2, 0.25) is 0 Å². The second kappa shape index (κ2) is 15.6. The van der Waals surface area contributed by atoms with E-state index in [1.165, 1.54) is 15.9 Å². The molecule has 4 N–H and O–H groups in total. The molecule has 0 aliphatic carbocycles. The minimum absolute atomic E-state index is 0.110. The Kier molecular flexibility index (Phi) is 10.5. The molecular formula is C42H37N9O7. The maximum atomic E-state index is 12.2. The van der Waals surface area contributed by atoms with Gasteiger partial charge in [-0.15, -0.1) is 0 Å². The molecule has 16 nitrogen and oxygen atoms in total. The molecule has 2 aromatic carbocycles. The number of rotatable bonds is 5. The molecule has 6 aromatic rings. The number of nitrogens with zero attached hydrogens (tertiary/aromatic N) is 8. The molecule has 2 atom stereocenters. The Bertz CT molecular complexity index is 2760. The molecule has 0 unspecified atom stereocenters. The van der Waals surface area contributed by atoms with Crippen LogP contribution in [0.15, 0.2) is 85.5 Å². The van der Waals surface area contributed by atoms with Gasteiger partial charge in [0.15, 0.2) is 5.69 Å². The average molecular weight is 780 g/mol. The van der Waals surface area contributed by atoms with E-state index < -0.39 is 34.9 Å². The molecule has 2 aliphatic rings. The fraction of sp³-hybridized carbons (Fsp3) is 0.238. The Hall–Kier alpha value is -7.40. The molecule has 0 spiro atoms. The van der Waals surface area contributed by atoms with Crippen LogP contribution in [0.5, 0.6) is 0 Å². The molecule has 6 heterocycles. The maximum Gasteiger partial charge on any atom is 0.357 e. The summed E-state index contributed by atoms with van der Waals surface area (Å²) in [7, 11) is 3.28. The van der Waals surface area contributed by atoms with Gasteiger partial charge in [-0.2, -0.15) is 0 Å². The van der Waals surface area contributed by atoms with Gasteiger partial charge in [0.1, 0.15) is 28.6 Å². The number of likely N-dealkylation sites (tertiary alicyclic amines) is 2. The van der Waals surface area contributed by atoms with Crippen LogP contribution in [0.3, 0.4) is 0 Å². The first kappa shape index (κ1) is 38.9. The number of benzene rings is 2. The summed E-state index contributed by atoms with van der Waals surface area (Å²) in [6, 6.07) is 17.4. The number of nitrogens with two attached hydrogens (primary N) is 1. The van der Waals surface area contributed by atoms with Crippen molar-refractivity contribution in [2.45, 2.75) is 31.0 Å². The Morgan fingerprint density at radius 2 is 1.22 bits per heavy atom. The predicted octanol–water partition coefficient (Wildman–Crippen LogP) is 1.96. The number of primary amides is 1. The number of amides is 3. The maximum absolute atomic E-state index is 12.2. The van der Waals surface area contributed by atoms with Crippen LogP contribution in [0.4, 0.5) is 0 Å². The zero-order chi connectivity index (χ0) is 41.2. The number of carbonyl (C=O) groups is 4.